The molecule has 0 aliphatic carbocycles. The maximum atomic E-state index is 10.7. The number of rotatable bonds is 1. The Morgan fingerprint density at radius 1 is 1.10 bits per heavy atom. The largest absolute Gasteiger partial charge is 0.344 e. The second-order valence-corrected chi connectivity index (χ2v) is 8.72. The van der Waals surface area contributed by atoms with Crippen LogP contribution in [0.15, 0.2) is 0 Å². The molecule has 3 nitrogen and oxygen atoms in total. The number of hydrogen-bond acceptors (Lipinski definition) is 1. The van der Waals surface area contributed by atoms with E-state index in [1.807, 2.05) is 0 Å². The third kappa shape index (κ3) is 2.32. The molecule has 0 amide bonds. The van der Waals surface area contributed by atoms with E-state index >= 15 is 0 Å². The van der Waals surface area contributed by atoms with Crippen LogP contribution in [0.1, 0.15) is 19.3 Å². The van der Waals surface area contributed by atoms with E-state index in [0.717, 1.165) is 31.6 Å². The van der Waals surface area contributed by atoms with Gasteiger partial charge in [0, 0.05) is 7.61 Å². The lowest BCUT2D eigenvalue weighted by molar-refractivity contribution is 0.394. The number of hydrogen-bond donors (Lipinski definition) is 2. The molecule has 0 aromatic rings. The van der Waals surface area contributed by atoms with Crippen LogP contribution >= 0.6 is 14.9 Å². The molecule has 1 rings (SSSR count). The predicted molar refractivity (Wildman–Crippen MR) is 42.5 cm³/mol. The maximum absolute atomic E-state index is 10.7. The van der Waals surface area contributed by atoms with Crippen molar-refractivity contribution in [3.8, 4) is 0 Å². The van der Waals surface area contributed by atoms with Crippen LogP contribution < -0.4 is 0 Å². The lowest BCUT2D eigenvalue weighted by atomic mass is 10.3. The van der Waals surface area contributed by atoms with E-state index in [1.165, 1.54) is 0 Å². The van der Waals surface area contributed by atoms with Crippen LogP contribution in [0.25, 0.3) is 0 Å². The first-order valence-electron chi connectivity index (χ1n) is 3.42. The molecular formula is C5H12O3P2. The molecule has 5 heteroatoms. The van der Waals surface area contributed by atoms with Gasteiger partial charge in [-0.15, -0.1) is 0 Å². The first-order chi connectivity index (χ1) is 4.61. The normalized spacial score (nSPS) is 23.0. The minimum Gasteiger partial charge on any atom is -0.322 e. The van der Waals surface area contributed by atoms with Crippen LogP contribution in [0.4, 0.5) is 0 Å². The van der Waals surface area contributed by atoms with Crippen molar-refractivity contribution in [2.45, 2.75) is 19.3 Å². The maximum Gasteiger partial charge on any atom is 0.344 e. The van der Waals surface area contributed by atoms with Crippen molar-refractivity contribution in [1.82, 2.24) is 0 Å². The summed E-state index contributed by atoms with van der Waals surface area (Å²) < 4.78 is 10.7. The van der Waals surface area contributed by atoms with Gasteiger partial charge in [0.15, 0.2) is 0 Å². The van der Waals surface area contributed by atoms with Crippen molar-refractivity contribution < 1.29 is 14.4 Å². The fourth-order valence-electron chi connectivity index (χ4n) is 1.14. The highest BCUT2D eigenvalue weighted by atomic mass is 32.1. The molecule has 1 aliphatic rings. The quantitative estimate of drug-likeness (QED) is 0.607. The lowest BCUT2D eigenvalue weighted by Gasteiger charge is -2.22. The minimum absolute atomic E-state index is 0.777. The average Bonchev–Trinajstić information content (AvgIpc) is 1.88. The van der Waals surface area contributed by atoms with Gasteiger partial charge in [0.1, 0.15) is 0 Å². The van der Waals surface area contributed by atoms with Crippen LogP contribution in [0.3, 0.4) is 0 Å². The second-order valence-electron chi connectivity index (χ2n) is 2.53. The van der Waals surface area contributed by atoms with Gasteiger partial charge in [-0.1, -0.05) is 6.42 Å². The first-order valence-corrected chi connectivity index (χ1v) is 7.45. The van der Waals surface area contributed by atoms with E-state index < -0.39 is 14.9 Å². The summed E-state index contributed by atoms with van der Waals surface area (Å²) in [5.74, 6) is 0. The Morgan fingerprint density at radius 3 is 1.90 bits per heavy atom. The highest BCUT2D eigenvalue weighted by Gasteiger charge is 2.28. The van der Waals surface area contributed by atoms with Gasteiger partial charge in [0.05, 0.1) is 0 Å². The van der Waals surface area contributed by atoms with Crippen molar-refractivity contribution in [3.63, 3.8) is 0 Å². The summed E-state index contributed by atoms with van der Waals surface area (Å²) >= 11 is 0. The summed E-state index contributed by atoms with van der Waals surface area (Å²) in [4.78, 5) is 17.6. The van der Waals surface area contributed by atoms with Gasteiger partial charge in [-0.25, -0.2) is 0 Å². The summed E-state index contributed by atoms with van der Waals surface area (Å²) in [5.41, 5.74) is 0. The molecule has 0 aromatic heterocycles. The van der Waals surface area contributed by atoms with Crippen LogP contribution in [0, 0.1) is 0 Å². The topological polar surface area (TPSA) is 57.5 Å². The lowest BCUT2D eigenvalue weighted by Crippen LogP contribution is -1.98. The summed E-state index contributed by atoms with van der Waals surface area (Å²) in [5, 5.41) is 0. The monoisotopic (exact) mass is 182 g/mol. The van der Waals surface area contributed by atoms with Gasteiger partial charge in [0.2, 0.25) is 0 Å². The van der Waals surface area contributed by atoms with E-state index in [0.29, 0.717) is 0 Å². The zero-order chi connectivity index (χ0) is 7.61. The summed E-state index contributed by atoms with van der Waals surface area (Å²) in [6.45, 7) is 0. The van der Waals surface area contributed by atoms with Crippen LogP contribution in [-0.2, 0) is 4.57 Å². The molecule has 0 saturated carbocycles. The summed E-state index contributed by atoms with van der Waals surface area (Å²) in [6.07, 6.45) is 4.73. The van der Waals surface area contributed by atoms with E-state index in [1.54, 1.807) is 0 Å². The highest BCUT2D eigenvalue weighted by Crippen LogP contribution is 2.71. The van der Waals surface area contributed by atoms with Gasteiger partial charge in [-0.3, -0.25) is 4.57 Å². The Balaban J connectivity index is 2.47. The molecular weight excluding hydrogens is 170 g/mol. The third-order valence-corrected chi connectivity index (χ3v) is 7.51. The third-order valence-electron chi connectivity index (χ3n) is 1.70. The smallest absolute Gasteiger partial charge is 0.322 e. The molecule has 1 saturated heterocycles. The summed E-state index contributed by atoms with van der Waals surface area (Å²) in [6, 6.07) is 0. The SMILES string of the molecule is O=P(O)(O)P1CCCCC1. The first kappa shape index (κ1) is 8.67. The molecule has 0 bridgehead atoms. The van der Waals surface area contributed by atoms with Crippen molar-refractivity contribution in [1.29, 1.82) is 0 Å². The van der Waals surface area contributed by atoms with Crippen molar-refractivity contribution >= 4 is 14.9 Å². The van der Waals surface area contributed by atoms with Gasteiger partial charge >= 0.3 is 7.28 Å². The Labute approximate surface area is 61.6 Å². The summed E-state index contributed by atoms with van der Waals surface area (Å²) in [7, 11) is -4.62. The molecule has 0 atom stereocenters. The Morgan fingerprint density at radius 2 is 1.60 bits per heavy atom. The van der Waals surface area contributed by atoms with E-state index in [4.69, 9.17) is 9.79 Å². The molecule has 0 spiro atoms. The van der Waals surface area contributed by atoms with Crippen molar-refractivity contribution in [2.75, 3.05) is 12.3 Å². The second kappa shape index (κ2) is 3.32. The van der Waals surface area contributed by atoms with E-state index in [9.17, 15) is 4.57 Å². The van der Waals surface area contributed by atoms with Crippen molar-refractivity contribution in [3.05, 3.63) is 0 Å². The van der Waals surface area contributed by atoms with Gasteiger partial charge < -0.3 is 9.79 Å². The Kier molecular flexibility index (Phi) is 2.88. The average molecular weight is 182 g/mol. The molecule has 60 valence electrons. The molecule has 0 aromatic carbocycles. The zero-order valence-corrected chi connectivity index (χ0v) is 7.52. The van der Waals surface area contributed by atoms with E-state index in [-0.39, 0.29) is 0 Å². The van der Waals surface area contributed by atoms with E-state index in [2.05, 4.69) is 0 Å². The Bertz CT molecular complexity index is 147. The van der Waals surface area contributed by atoms with Gasteiger partial charge in [0.25, 0.3) is 0 Å². The standard InChI is InChI=1S/C5H12O3P2/c6-10(7,8)9-4-2-1-3-5-9/h1-5H2,(H2,6,7,8). The molecule has 1 aliphatic heterocycles. The molecule has 1 heterocycles. The van der Waals surface area contributed by atoms with Gasteiger partial charge in [-0.05, 0) is 25.2 Å². The highest BCUT2D eigenvalue weighted by molar-refractivity contribution is 8.28. The van der Waals surface area contributed by atoms with Crippen molar-refractivity contribution in [2.24, 2.45) is 0 Å². The molecule has 0 radical (unpaired) electrons. The fraction of sp³-hybridized carbons (Fsp3) is 1.00. The predicted octanol–water partition coefficient (Wildman–Crippen LogP) is 1.74. The zero-order valence-electron chi connectivity index (χ0n) is 5.73. The fourth-order valence-corrected chi connectivity index (χ4v) is 5.47. The van der Waals surface area contributed by atoms with Crippen LogP contribution in [-0.4, -0.2) is 22.1 Å². The Hall–Kier alpha value is 0.580. The van der Waals surface area contributed by atoms with Crippen LogP contribution in [0.2, 0.25) is 0 Å². The van der Waals surface area contributed by atoms with Gasteiger partial charge in [-0.2, -0.15) is 0 Å². The molecule has 10 heavy (non-hydrogen) atoms. The van der Waals surface area contributed by atoms with Crippen LogP contribution in [0.5, 0.6) is 0 Å². The minimum atomic E-state index is -3.68. The molecule has 2 N–H and O–H groups in total. The molecule has 0 unspecified atom stereocenters. The molecule has 1 fully saturated rings.